The van der Waals surface area contributed by atoms with Crippen LogP contribution in [0.15, 0.2) is 42.7 Å². The van der Waals surface area contributed by atoms with E-state index in [2.05, 4.69) is 63.1 Å². The standard InChI is InChI=1S/C18H24N4/c1-2-6-17-13-18(20-15-19-17)22-11-9-21(10-12-22)14-16-7-4-3-5-8-16/h3-5,7-8,13,15H,2,6,9-12,14H2,1H3. The summed E-state index contributed by atoms with van der Waals surface area (Å²) in [5.41, 5.74) is 2.54. The molecule has 4 nitrogen and oxygen atoms in total. The van der Waals surface area contributed by atoms with E-state index in [9.17, 15) is 0 Å². The van der Waals surface area contributed by atoms with E-state index in [1.54, 1.807) is 6.33 Å². The van der Waals surface area contributed by atoms with E-state index >= 15 is 0 Å². The van der Waals surface area contributed by atoms with Crippen molar-refractivity contribution in [3.05, 3.63) is 54.0 Å². The third-order valence-electron chi connectivity index (χ3n) is 4.16. The lowest BCUT2D eigenvalue weighted by Crippen LogP contribution is -2.46. The van der Waals surface area contributed by atoms with E-state index in [0.717, 1.165) is 57.1 Å². The molecular weight excluding hydrogens is 272 g/mol. The van der Waals surface area contributed by atoms with Crippen molar-refractivity contribution >= 4 is 5.82 Å². The maximum absolute atomic E-state index is 4.45. The summed E-state index contributed by atoms with van der Waals surface area (Å²) in [5, 5.41) is 0. The molecule has 0 spiro atoms. The van der Waals surface area contributed by atoms with E-state index in [4.69, 9.17) is 0 Å². The summed E-state index contributed by atoms with van der Waals surface area (Å²) >= 11 is 0. The molecule has 0 bridgehead atoms. The molecule has 2 aromatic rings. The van der Waals surface area contributed by atoms with Gasteiger partial charge in [-0.25, -0.2) is 9.97 Å². The van der Waals surface area contributed by atoms with Crippen molar-refractivity contribution in [2.45, 2.75) is 26.3 Å². The molecular formula is C18H24N4. The highest BCUT2D eigenvalue weighted by molar-refractivity contribution is 5.39. The molecule has 0 amide bonds. The van der Waals surface area contributed by atoms with E-state index in [1.807, 2.05) is 0 Å². The van der Waals surface area contributed by atoms with Gasteiger partial charge < -0.3 is 4.90 Å². The van der Waals surface area contributed by atoms with Gasteiger partial charge in [0.2, 0.25) is 0 Å². The van der Waals surface area contributed by atoms with Gasteiger partial charge in [0.25, 0.3) is 0 Å². The van der Waals surface area contributed by atoms with Crippen molar-refractivity contribution < 1.29 is 0 Å². The number of aryl methyl sites for hydroxylation is 1. The van der Waals surface area contributed by atoms with Crippen molar-refractivity contribution in [3.63, 3.8) is 0 Å². The normalized spacial score (nSPS) is 16.0. The molecule has 1 aromatic heterocycles. The Labute approximate surface area is 132 Å². The molecule has 1 aliphatic rings. The summed E-state index contributed by atoms with van der Waals surface area (Å²) < 4.78 is 0. The highest BCUT2D eigenvalue weighted by Gasteiger charge is 2.18. The molecule has 3 rings (SSSR count). The summed E-state index contributed by atoms with van der Waals surface area (Å²) in [6, 6.07) is 12.9. The minimum absolute atomic E-state index is 1.03. The number of anilines is 1. The SMILES string of the molecule is CCCc1cc(N2CCN(Cc3ccccc3)CC2)ncn1. The molecule has 2 heterocycles. The maximum atomic E-state index is 4.45. The van der Waals surface area contributed by atoms with E-state index in [1.165, 1.54) is 5.56 Å². The van der Waals surface area contributed by atoms with Gasteiger partial charge in [-0.3, -0.25) is 4.90 Å². The molecule has 0 unspecified atom stereocenters. The monoisotopic (exact) mass is 296 g/mol. The smallest absolute Gasteiger partial charge is 0.132 e. The van der Waals surface area contributed by atoms with Gasteiger partial charge in [-0.15, -0.1) is 0 Å². The van der Waals surface area contributed by atoms with Crippen molar-refractivity contribution in [3.8, 4) is 0 Å². The van der Waals surface area contributed by atoms with E-state index < -0.39 is 0 Å². The number of hydrogen-bond donors (Lipinski definition) is 0. The lowest BCUT2D eigenvalue weighted by Gasteiger charge is -2.35. The highest BCUT2D eigenvalue weighted by atomic mass is 15.3. The fourth-order valence-corrected chi connectivity index (χ4v) is 2.93. The third kappa shape index (κ3) is 3.83. The maximum Gasteiger partial charge on any atom is 0.132 e. The minimum atomic E-state index is 1.03. The lowest BCUT2D eigenvalue weighted by atomic mass is 10.2. The zero-order valence-electron chi connectivity index (χ0n) is 13.3. The van der Waals surface area contributed by atoms with Gasteiger partial charge in [0.05, 0.1) is 0 Å². The number of hydrogen-bond acceptors (Lipinski definition) is 4. The Morgan fingerprint density at radius 2 is 1.77 bits per heavy atom. The Morgan fingerprint density at radius 1 is 1.00 bits per heavy atom. The van der Waals surface area contributed by atoms with Crippen LogP contribution < -0.4 is 4.90 Å². The fraction of sp³-hybridized carbons (Fsp3) is 0.444. The van der Waals surface area contributed by atoms with Crippen LogP contribution in [-0.2, 0) is 13.0 Å². The van der Waals surface area contributed by atoms with Gasteiger partial charge in [-0.05, 0) is 12.0 Å². The first-order chi connectivity index (χ1) is 10.8. The third-order valence-corrected chi connectivity index (χ3v) is 4.16. The molecule has 0 N–H and O–H groups in total. The van der Waals surface area contributed by atoms with Crippen molar-refractivity contribution in [2.24, 2.45) is 0 Å². The number of nitrogens with zero attached hydrogens (tertiary/aromatic N) is 4. The summed E-state index contributed by atoms with van der Waals surface area (Å²) in [5.74, 6) is 1.08. The van der Waals surface area contributed by atoms with Crippen LogP contribution in [0.3, 0.4) is 0 Å². The zero-order chi connectivity index (χ0) is 15.2. The Kier molecular flexibility index (Phi) is 5.01. The van der Waals surface area contributed by atoms with Crippen LogP contribution in [0.4, 0.5) is 5.82 Å². The first-order valence-corrected chi connectivity index (χ1v) is 8.17. The summed E-state index contributed by atoms with van der Waals surface area (Å²) in [4.78, 5) is 13.7. The molecule has 1 aliphatic heterocycles. The van der Waals surface area contributed by atoms with Crippen LogP contribution in [0.25, 0.3) is 0 Å². The lowest BCUT2D eigenvalue weighted by molar-refractivity contribution is 0.249. The fourth-order valence-electron chi connectivity index (χ4n) is 2.93. The molecule has 116 valence electrons. The van der Waals surface area contributed by atoms with Crippen LogP contribution >= 0.6 is 0 Å². The number of aromatic nitrogens is 2. The van der Waals surface area contributed by atoms with E-state index in [-0.39, 0.29) is 0 Å². The second-order valence-corrected chi connectivity index (χ2v) is 5.87. The summed E-state index contributed by atoms with van der Waals surface area (Å²) in [6.45, 7) is 7.47. The predicted molar refractivity (Wildman–Crippen MR) is 90.0 cm³/mol. The number of benzene rings is 1. The van der Waals surface area contributed by atoms with Gasteiger partial charge in [0.1, 0.15) is 12.1 Å². The average Bonchev–Trinajstić information content (AvgIpc) is 2.57. The van der Waals surface area contributed by atoms with Gasteiger partial charge in [0.15, 0.2) is 0 Å². The van der Waals surface area contributed by atoms with Crippen LogP contribution in [0.5, 0.6) is 0 Å². The minimum Gasteiger partial charge on any atom is -0.354 e. The quantitative estimate of drug-likeness (QED) is 0.849. The van der Waals surface area contributed by atoms with Crippen LogP contribution in [0.1, 0.15) is 24.6 Å². The van der Waals surface area contributed by atoms with Crippen molar-refractivity contribution in [1.29, 1.82) is 0 Å². The predicted octanol–water partition coefficient (Wildman–Crippen LogP) is 2.75. The van der Waals surface area contributed by atoms with Crippen LogP contribution in [0, 0.1) is 0 Å². The van der Waals surface area contributed by atoms with E-state index in [0.29, 0.717) is 0 Å². The molecule has 1 fully saturated rings. The van der Waals surface area contributed by atoms with Crippen molar-refractivity contribution in [2.75, 3.05) is 31.1 Å². The topological polar surface area (TPSA) is 32.3 Å². The van der Waals surface area contributed by atoms with Gasteiger partial charge in [-0.1, -0.05) is 43.7 Å². The van der Waals surface area contributed by atoms with Gasteiger partial charge in [0, 0.05) is 44.5 Å². The Bertz CT molecular complexity index is 577. The first-order valence-electron chi connectivity index (χ1n) is 8.17. The number of rotatable bonds is 5. The number of piperazine rings is 1. The van der Waals surface area contributed by atoms with Gasteiger partial charge >= 0.3 is 0 Å². The molecule has 22 heavy (non-hydrogen) atoms. The molecule has 0 radical (unpaired) electrons. The summed E-state index contributed by atoms with van der Waals surface area (Å²) in [7, 11) is 0. The molecule has 0 aliphatic carbocycles. The van der Waals surface area contributed by atoms with Crippen LogP contribution in [0.2, 0.25) is 0 Å². The summed E-state index contributed by atoms with van der Waals surface area (Å²) in [6.07, 6.45) is 3.86. The largest absolute Gasteiger partial charge is 0.354 e. The molecule has 1 aromatic carbocycles. The molecule has 0 saturated carbocycles. The molecule has 0 atom stereocenters. The highest BCUT2D eigenvalue weighted by Crippen LogP contribution is 2.16. The molecule has 1 saturated heterocycles. The van der Waals surface area contributed by atoms with Crippen molar-refractivity contribution in [1.82, 2.24) is 14.9 Å². The second-order valence-electron chi connectivity index (χ2n) is 5.87. The van der Waals surface area contributed by atoms with Gasteiger partial charge in [-0.2, -0.15) is 0 Å². The Balaban J connectivity index is 1.56. The first kappa shape index (κ1) is 15.0. The second kappa shape index (κ2) is 7.36. The zero-order valence-corrected chi connectivity index (χ0v) is 13.3. The van der Waals surface area contributed by atoms with Crippen LogP contribution in [-0.4, -0.2) is 41.0 Å². The Hall–Kier alpha value is -1.94. The average molecular weight is 296 g/mol. The Morgan fingerprint density at radius 3 is 2.50 bits per heavy atom. The molecule has 4 heteroatoms.